The molecule has 0 unspecified atom stereocenters. The van der Waals surface area contributed by atoms with Gasteiger partial charge in [0.05, 0.1) is 13.7 Å². The summed E-state index contributed by atoms with van der Waals surface area (Å²) in [5.41, 5.74) is 2.76. The van der Waals surface area contributed by atoms with Crippen molar-refractivity contribution >= 4 is 5.91 Å². The van der Waals surface area contributed by atoms with Crippen LogP contribution in [0.3, 0.4) is 0 Å². The number of rotatable bonds is 10. The number of halogens is 3. The Morgan fingerprint density at radius 1 is 1.00 bits per heavy atom. The Balaban J connectivity index is 1.85. The molecular formula is C21H24F3NO4. The zero-order valence-electron chi connectivity index (χ0n) is 16.3. The van der Waals surface area contributed by atoms with Crippen molar-refractivity contribution in [2.24, 2.45) is 0 Å². The van der Waals surface area contributed by atoms with Gasteiger partial charge in [-0.05, 0) is 35.2 Å². The minimum atomic E-state index is -4.43. The molecule has 1 N–H and O–H groups in total. The minimum absolute atomic E-state index is 0.00830. The second-order valence-corrected chi connectivity index (χ2v) is 6.42. The molecule has 0 radical (unpaired) electrons. The average molecular weight is 411 g/mol. The van der Waals surface area contributed by atoms with Crippen molar-refractivity contribution in [3.8, 4) is 11.5 Å². The third-order valence-electron chi connectivity index (χ3n) is 4.05. The molecule has 2 rings (SSSR count). The van der Waals surface area contributed by atoms with E-state index in [0.717, 1.165) is 16.7 Å². The van der Waals surface area contributed by atoms with Gasteiger partial charge in [0.15, 0.2) is 18.1 Å². The molecule has 0 bridgehead atoms. The molecule has 158 valence electrons. The highest BCUT2D eigenvalue weighted by Crippen LogP contribution is 2.30. The summed E-state index contributed by atoms with van der Waals surface area (Å²) in [5, 5.41) is 2.85. The third kappa shape index (κ3) is 8.03. The molecule has 0 atom stereocenters. The number of aryl methyl sites for hydroxylation is 1. The molecule has 0 aliphatic heterocycles. The van der Waals surface area contributed by atoms with Gasteiger partial charge >= 0.3 is 6.18 Å². The lowest BCUT2D eigenvalue weighted by Crippen LogP contribution is -2.23. The highest BCUT2D eigenvalue weighted by atomic mass is 19.4. The molecule has 0 saturated carbocycles. The van der Waals surface area contributed by atoms with Gasteiger partial charge in [-0.15, -0.1) is 0 Å². The van der Waals surface area contributed by atoms with Crippen molar-refractivity contribution < 1.29 is 32.2 Å². The lowest BCUT2D eigenvalue weighted by atomic mass is 10.1. The maximum Gasteiger partial charge on any atom is 0.422 e. The van der Waals surface area contributed by atoms with Gasteiger partial charge in [-0.1, -0.05) is 30.3 Å². The Bertz CT molecular complexity index is 809. The van der Waals surface area contributed by atoms with Crippen LogP contribution in [0.1, 0.15) is 23.1 Å². The number of benzene rings is 2. The van der Waals surface area contributed by atoms with E-state index < -0.39 is 12.8 Å². The predicted octanol–water partition coefficient (Wildman–Crippen LogP) is 4.03. The Hall–Kier alpha value is -2.74. The lowest BCUT2D eigenvalue weighted by molar-refractivity contribution is -0.153. The van der Waals surface area contributed by atoms with Gasteiger partial charge in [0.2, 0.25) is 5.91 Å². The molecule has 8 heteroatoms. The number of hydrogen-bond donors (Lipinski definition) is 1. The first-order valence-electron chi connectivity index (χ1n) is 9.00. The summed E-state index contributed by atoms with van der Waals surface area (Å²) in [6.07, 6.45) is -3.76. The van der Waals surface area contributed by atoms with Gasteiger partial charge in [-0.3, -0.25) is 4.79 Å². The second-order valence-electron chi connectivity index (χ2n) is 6.42. The summed E-state index contributed by atoms with van der Waals surface area (Å²) >= 11 is 0. The molecule has 0 heterocycles. The molecular weight excluding hydrogens is 387 g/mol. The second kappa shape index (κ2) is 10.7. The van der Waals surface area contributed by atoms with E-state index in [-0.39, 0.29) is 23.8 Å². The molecule has 0 aromatic heterocycles. The van der Waals surface area contributed by atoms with E-state index in [2.05, 4.69) is 5.32 Å². The summed E-state index contributed by atoms with van der Waals surface area (Å²) in [6, 6.07) is 12.4. The molecule has 2 aromatic carbocycles. The van der Waals surface area contributed by atoms with Gasteiger partial charge in [0.25, 0.3) is 0 Å². The van der Waals surface area contributed by atoms with Crippen molar-refractivity contribution in [2.75, 3.05) is 20.8 Å². The Labute approximate surface area is 167 Å². The standard InChI is InChI=1S/C21H24F3NO4/c1-27-13-17-5-3-4-16(10-17)12-25-20(26)9-7-15-6-8-18(19(11-15)28-2)29-14-21(22,23)24/h3-6,8,10-11H,7,9,12-14H2,1-2H3,(H,25,26). The van der Waals surface area contributed by atoms with Gasteiger partial charge in [0, 0.05) is 20.1 Å². The van der Waals surface area contributed by atoms with E-state index in [1.165, 1.54) is 13.2 Å². The monoisotopic (exact) mass is 411 g/mol. The third-order valence-corrected chi connectivity index (χ3v) is 4.05. The number of carbonyl (C=O) groups is 1. The fraction of sp³-hybridized carbons (Fsp3) is 0.381. The first-order chi connectivity index (χ1) is 13.8. The number of nitrogens with one attached hydrogen (secondary N) is 1. The Kier molecular flexibility index (Phi) is 8.33. The van der Waals surface area contributed by atoms with E-state index in [0.29, 0.717) is 19.6 Å². The summed E-state index contributed by atoms with van der Waals surface area (Å²) in [5.74, 6) is 0.0783. The molecule has 0 spiro atoms. The maximum atomic E-state index is 12.3. The molecule has 1 amide bonds. The van der Waals surface area contributed by atoms with Gasteiger partial charge < -0.3 is 19.5 Å². The Morgan fingerprint density at radius 3 is 2.45 bits per heavy atom. The summed E-state index contributed by atoms with van der Waals surface area (Å²) in [4.78, 5) is 12.1. The van der Waals surface area contributed by atoms with Crippen LogP contribution >= 0.6 is 0 Å². The van der Waals surface area contributed by atoms with Crippen molar-refractivity contribution in [3.63, 3.8) is 0 Å². The number of amides is 1. The zero-order chi connectivity index (χ0) is 21.3. The van der Waals surface area contributed by atoms with Crippen LogP contribution in [0, 0.1) is 0 Å². The molecule has 0 aliphatic rings. The maximum absolute atomic E-state index is 12.3. The fourth-order valence-electron chi connectivity index (χ4n) is 2.69. The lowest BCUT2D eigenvalue weighted by Gasteiger charge is -2.13. The highest BCUT2D eigenvalue weighted by molar-refractivity contribution is 5.76. The van der Waals surface area contributed by atoms with Crippen molar-refractivity contribution in [1.29, 1.82) is 0 Å². The molecule has 2 aromatic rings. The largest absolute Gasteiger partial charge is 0.493 e. The van der Waals surface area contributed by atoms with Crippen LogP contribution in [-0.4, -0.2) is 32.9 Å². The first-order valence-corrected chi connectivity index (χ1v) is 9.00. The number of methoxy groups -OCH3 is 2. The van der Waals surface area contributed by atoms with Crippen LogP contribution in [0.5, 0.6) is 11.5 Å². The van der Waals surface area contributed by atoms with Gasteiger partial charge in [-0.25, -0.2) is 0 Å². The van der Waals surface area contributed by atoms with Gasteiger partial charge in [0.1, 0.15) is 0 Å². The summed E-state index contributed by atoms with van der Waals surface area (Å²) < 4.78 is 51.8. The SMILES string of the molecule is COCc1cccc(CNC(=O)CCc2ccc(OCC(F)(F)F)c(OC)c2)c1. The number of carbonyl (C=O) groups excluding carboxylic acids is 1. The first kappa shape index (κ1) is 22.5. The highest BCUT2D eigenvalue weighted by Gasteiger charge is 2.29. The minimum Gasteiger partial charge on any atom is -0.493 e. The quantitative estimate of drug-likeness (QED) is 0.641. The topological polar surface area (TPSA) is 56.8 Å². The van der Waals surface area contributed by atoms with Crippen molar-refractivity contribution in [3.05, 3.63) is 59.2 Å². The molecule has 0 saturated heterocycles. The number of ether oxygens (including phenoxy) is 3. The molecule has 29 heavy (non-hydrogen) atoms. The van der Waals surface area contributed by atoms with E-state index in [4.69, 9.17) is 14.2 Å². The van der Waals surface area contributed by atoms with Crippen LogP contribution in [0.25, 0.3) is 0 Å². The summed E-state index contributed by atoms with van der Waals surface area (Å²) in [7, 11) is 2.97. The molecule has 0 fully saturated rings. The van der Waals surface area contributed by atoms with Crippen LogP contribution in [0.2, 0.25) is 0 Å². The Morgan fingerprint density at radius 2 is 1.76 bits per heavy atom. The molecule has 0 aliphatic carbocycles. The average Bonchev–Trinajstić information content (AvgIpc) is 2.69. The number of alkyl halides is 3. The number of hydrogen-bond acceptors (Lipinski definition) is 4. The normalized spacial score (nSPS) is 11.2. The molecule has 5 nitrogen and oxygen atoms in total. The van der Waals surface area contributed by atoms with Crippen LogP contribution in [0.4, 0.5) is 13.2 Å². The smallest absolute Gasteiger partial charge is 0.422 e. The van der Waals surface area contributed by atoms with Crippen LogP contribution in [0.15, 0.2) is 42.5 Å². The van der Waals surface area contributed by atoms with Gasteiger partial charge in [-0.2, -0.15) is 13.2 Å². The van der Waals surface area contributed by atoms with Crippen molar-refractivity contribution in [2.45, 2.75) is 32.2 Å². The predicted molar refractivity (Wildman–Crippen MR) is 102 cm³/mol. The van der Waals surface area contributed by atoms with E-state index in [1.807, 2.05) is 24.3 Å². The fourth-order valence-corrected chi connectivity index (χ4v) is 2.69. The van der Waals surface area contributed by atoms with Crippen molar-refractivity contribution in [1.82, 2.24) is 5.32 Å². The summed E-state index contributed by atoms with van der Waals surface area (Å²) in [6.45, 7) is -0.479. The van der Waals surface area contributed by atoms with E-state index >= 15 is 0 Å². The van der Waals surface area contributed by atoms with Crippen LogP contribution in [-0.2, 0) is 29.1 Å². The van der Waals surface area contributed by atoms with E-state index in [1.54, 1.807) is 19.2 Å². The zero-order valence-corrected chi connectivity index (χ0v) is 16.3. The van der Waals surface area contributed by atoms with Crippen LogP contribution < -0.4 is 14.8 Å². The van der Waals surface area contributed by atoms with E-state index in [9.17, 15) is 18.0 Å².